The minimum absolute atomic E-state index is 0.223. The lowest BCUT2D eigenvalue weighted by Crippen LogP contribution is -2.01. The fourth-order valence-electron chi connectivity index (χ4n) is 1.57. The summed E-state index contributed by atoms with van der Waals surface area (Å²) in [5.41, 5.74) is 3.89. The fraction of sp³-hybridized carbons (Fsp3) is 0.538. The molecule has 1 nitrogen and oxygen atoms in total. The number of rotatable bonds is 3. The van der Waals surface area contributed by atoms with Crippen molar-refractivity contribution < 1.29 is 5.11 Å². The van der Waals surface area contributed by atoms with Gasteiger partial charge in [0.25, 0.3) is 0 Å². The highest BCUT2D eigenvalue weighted by Gasteiger charge is 2.07. The van der Waals surface area contributed by atoms with E-state index in [2.05, 4.69) is 45.9 Å². The standard InChI is InChI=1S/C13H20O/c1-9(2)12-5-10(3)6-13(7-12)11(4)8-14/h5-7,9,11,14H,8H2,1-4H3. The Morgan fingerprint density at radius 1 is 1.07 bits per heavy atom. The van der Waals surface area contributed by atoms with Gasteiger partial charge in [0.05, 0.1) is 0 Å². The number of aryl methyl sites for hydroxylation is 1. The molecule has 0 bridgehead atoms. The highest BCUT2D eigenvalue weighted by Crippen LogP contribution is 2.22. The largest absolute Gasteiger partial charge is 0.396 e. The van der Waals surface area contributed by atoms with E-state index in [0.717, 1.165) is 0 Å². The molecule has 0 fully saturated rings. The summed E-state index contributed by atoms with van der Waals surface area (Å²) in [7, 11) is 0. The molecule has 1 unspecified atom stereocenters. The smallest absolute Gasteiger partial charge is 0.0497 e. The Hall–Kier alpha value is -0.820. The molecule has 0 heterocycles. The minimum atomic E-state index is 0.223. The topological polar surface area (TPSA) is 20.2 Å². The predicted molar refractivity (Wildman–Crippen MR) is 60.8 cm³/mol. The van der Waals surface area contributed by atoms with Gasteiger partial charge in [0.15, 0.2) is 0 Å². The number of aliphatic hydroxyl groups is 1. The van der Waals surface area contributed by atoms with Crippen molar-refractivity contribution in [3.8, 4) is 0 Å². The highest BCUT2D eigenvalue weighted by molar-refractivity contribution is 5.33. The van der Waals surface area contributed by atoms with Crippen LogP contribution in [0.4, 0.5) is 0 Å². The molecule has 0 aliphatic heterocycles. The summed E-state index contributed by atoms with van der Waals surface area (Å²) in [4.78, 5) is 0. The number of hydrogen-bond acceptors (Lipinski definition) is 1. The molecule has 0 aromatic heterocycles. The Bertz CT molecular complexity index is 302. The molecule has 1 atom stereocenters. The van der Waals surface area contributed by atoms with Crippen LogP contribution in [-0.4, -0.2) is 11.7 Å². The summed E-state index contributed by atoms with van der Waals surface area (Å²) in [5.74, 6) is 0.798. The molecule has 0 spiro atoms. The van der Waals surface area contributed by atoms with Gasteiger partial charge in [-0.05, 0) is 24.0 Å². The molecule has 14 heavy (non-hydrogen) atoms. The van der Waals surface area contributed by atoms with Crippen LogP contribution in [-0.2, 0) is 0 Å². The Labute approximate surface area is 86.8 Å². The van der Waals surface area contributed by atoms with Crippen LogP contribution in [0.5, 0.6) is 0 Å². The lowest BCUT2D eigenvalue weighted by atomic mass is 9.93. The molecule has 0 aliphatic carbocycles. The second kappa shape index (κ2) is 4.61. The van der Waals surface area contributed by atoms with Crippen molar-refractivity contribution >= 4 is 0 Å². The summed E-state index contributed by atoms with van der Waals surface area (Å²) in [6.07, 6.45) is 0. The molecule has 0 saturated heterocycles. The van der Waals surface area contributed by atoms with E-state index in [-0.39, 0.29) is 12.5 Å². The first kappa shape index (κ1) is 11.3. The summed E-state index contributed by atoms with van der Waals surface area (Å²) in [6.45, 7) is 8.78. The van der Waals surface area contributed by atoms with E-state index in [1.807, 2.05) is 0 Å². The van der Waals surface area contributed by atoms with Gasteiger partial charge >= 0.3 is 0 Å². The highest BCUT2D eigenvalue weighted by atomic mass is 16.3. The molecule has 1 aromatic carbocycles. The predicted octanol–water partition coefficient (Wildman–Crippen LogP) is 3.21. The quantitative estimate of drug-likeness (QED) is 0.779. The molecular formula is C13H20O. The van der Waals surface area contributed by atoms with Crippen LogP contribution in [0.2, 0.25) is 0 Å². The summed E-state index contributed by atoms with van der Waals surface area (Å²) < 4.78 is 0. The van der Waals surface area contributed by atoms with Crippen molar-refractivity contribution in [1.82, 2.24) is 0 Å². The van der Waals surface area contributed by atoms with Crippen LogP contribution in [0.25, 0.3) is 0 Å². The first-order chi connectivity index (χ1) is 6.54. The van der Waals surface area contributed by atoms with Crippen LogP contribution in [0.1, 0.15) is 49.3 Å². The normalized spacial score (nSPS) is 13.3. The third-order valence-corrected chi connectivity index (χ3v) is 2.63. The maximum atomic E-state index is 9.11. The maximum Gasteiger partial charge on any atom is 0.0497 e. The van der Waals surface area contributed by atoms with Crippen LogP contribution in [0.15, 0.2) is 18.2 Å². The van der Waals surface area contributed by atoms with Gasteiger partial charge in [0, 0.05) is 12.5 Å². The molecule has 1 N–H and O–H groups in total. The van der Waals surface area contributed by atoms with E-state index in [1.165, 1.54) is 16.7 Å². The zero-order chi connectivity index (χ0) is 10.7. The molecule has 1 rings (SSSR count). The zero-order valence-corrected chi connectivity index (χ0v) is 9.54. The number of aliphatic hydroxyl groups excluding tert-OH is 1. The van der Waals surface area contributed by atoms with Gasteiger partial charge in [-0.15, -0.1) is 0 Å². The van der Waals surface area contributed by atoms with Crippen molar-refractivity contribution in [3.05, 3.63) is 34.9 Å². The molecule has 1 heteroatoms. The summed E-state index contributed by atoms with van der Waals surface area (Å²) in [6, 6.07) is 6.59. The fourth-order valence-corrected chi connectivity index (χ4v) is 1.57. The molecule has 0 saturated carbocycles. The molecular weight excluding hydrogens is 172 g/mol. The number of hydrogen-bond donors (Lipinski definition) is 1. The zero-order valence-electron chi connectivity index (χ0n) is 9.54. The lowest BCUT2D eigenvalue weighted by Gasteiger charge is -2.13. The third-order valence-electron chi connectivity index (χ3n) is 2.63. The van der Waals surface area contributed by atoms with E-state index >= 15 is 0 Å². The van der Waals surface area contributed by atoms with Gasteiger partial charge in [0.2, 0.25) is 0 Å². The van der Waals surface area contributed by atoms with Crippen LogP contribution >= 0.6 is 0 Å². The van der Waals surface area contributed by atoms with Gasteiger partial charge < -0.3 is 5.11 Å². The lowest BCUT2D eigenvalue weighted by molar-refractivity contribution is 0.273. The average molecular weight is 192 g/mol. The minimum Gasteiger partial charge on any atom is -0.396 e. The molecule has 0 radical (unpaired) electrons. The third kappa shape index (κ3) is 2.58. The second-order valence-corrected chi connectivity index (χ2v) is 4.42. The van der Waals surface area contributed by atoms with E-state index in [1.54, 1.807) is 0 Å². The van der Waals surface area contributed by atoms with E-state index in [9.17, 15) is 0 Å². The van der Waals surface area contributed by atoms with Crippen molar-refractivity contribution in [2.24, 2.45) is 0 Å². The van der Waals surface area contributed by atoms with Crippen LogP contribution < -0.4 is 0 Å². The molecule has 0 amide bonds. The molecule has 1 aromatic rings. The van der Waals surface area contributed by atoms with E-state index in [4.69, 9.17) is 5.11 Å². The van der Waals surface area contributed by atoms with Gasteiger partial charge in [-0.25, -0.2) is 0 Å². The van der Waals surface area contributed by atoms with Gasteiger partial charge in [-0.3, -0.25) is 0 Å². The monoisotopic (exact) mass is 192 g/mol. The maximum absolute atomic E-state index is 9.11. The van der Waals surface area contributed by atoms with E-state index in [0.29, 0.717) is 5.92 Å². The molecule has 78 valence electrons. The Morgan fingerprint density at radius 3 is 2.14 bits per heavy atom. The first-order valence-electron chi connectivity index (χ1n) is 5.27. The van der Waals surface area contributed by atoms with Gasteiger partial charge in [0.1, 0.15) is 0 Å². The first-order valence-corrected chi connectivity index (χ1v) is 5.27. The number of benzene rings is 1. The Morgan fingerprint density at radius 2 is 1.64 bits per heavy atom. The van der Waals surface area contributed by atoms with Crippen molar-refractivity contribution in [2.45, 2.75) is 39.5 Å². The average Bonchev–Trinajstić information content (AvgIpc) is 2.15. The SMILES string of the molecule is Cc1cc(C(C)C)cc(C(C)CO)c1. The van der Waals surface area contributed by atoms with Crippen LogP contribution in [0, 0.1) is 6.92 Å². The van der Waals surface area contributed by atoms with Crippen LogP contribution in [0.3, 0.4) is 0 Å². The molecule has 0 aliphatic rings. The van der Waals surface area contributed by atoms with E-state index < -0.39 is 0 Å². The summed E-state index contributed by atoms with van der Waals surface area (Å²) >= 11 is 0. The summed E-state index contributed by atoms with van der Waals surface area (Å²) in [5, 5.41) is 9.11. The van der Waals surface area contributed by atoms with Crippen molar-refractivity contribution in [1.29, 1.82) is 0 Å². The second-order valence-electron chi connectivity index (χ2n) is 4.42. The Balaban J connectivity index is 3.07. The van der Waals surface area contributed by atoms with Gasteiger partial charge in [-0.1, -0.05) is 44.5 Å². The Kier molecular flexibility index (Phi) is 3.70. The van der Waals surface area contributed by atoms with Crippen molar-refractivity contribution in [3.63, 3.8) is 0 Å². The van der Waals surface area contributed by atoms with Crippen molar-refractivity contribution in [2.75, 3.05) is 6.61 Å². The van der Waals surface area contributed by atoms with Gasteiger partial charge in [-0.2, -0.15) is 0 Å².